The lowest BCUT2D eigenvalue weighted by atomic mass is 9.91. The van der Waals surface area contributed by atoms with Gasteiger partial charge in [-0.25, -0.2) is 4.57 Å². The summed E-state index contributed by atoms with van der Waals surface area (Å²) in [6.07, 6.45) is 6.11. The van der Waals surface area contributed by atoms with Crippen LogP contribution >= 0.6 is 0 Å². The zero-order valence-electron chi connectivity index (χ0n) is 15.1. The zero-order valence-corrected chi connectivity index (χ0v) is 15.1. The Morgan fingerprint density at radius 2 is 1.72 bits per heavy atom. The molecule has 0 saturated carbocycles. The van der Waals surface area contributed by atoms with Crippen molar-refractivity contribution in [1.29, 1.82) is 0 Å². The number of benzene rings is 1. The van der Waals surface area contributed by atoms with Gasteiger partial charge in [0.05, 0.1) is 11.4 Å². The van der Waals surface area contributed by atoms with Crippen molar-refractivity contribution in [3.05, 3.63) is 66.7 Å². The van der Waals surface area contributed by atoms with Crippen LogP contribution in [0.25, 0.3) is 32.9 Å². The van der Waals surface area contributed by atoms with Crippen LogP contribution in [0.15, 0.2) is 61.1 Å². The van der Waals surface area contributed by atoms with Crippen LogP contribution in [0.4, 0.5) is 0 Å². The van der Waals surface area contributed by atoms with Gasteiger partial charge in [0, 0.05) is 39.5 Å². The van der Waals surface area contributed by atoms with E-state index in [2.05, 4.69) is 79.1 Å². The minimum absolute atomic E-state index is 0.0159. The summed E-state index contributed by atoms with van der Waals surface area (Å²) in [5.41, 5.74) is 2.97. The van der Waals surface area contributed by atoms with E-state index in [1.807, 2.05) is 19.3 Å². The summed E-state index contributed by atoms with van der Waals surface area (Å²) in [7, 11) is 2.05. The van der Waals surface area contributed by atoms with E-state index in [1.165, 1.54) is 16.2 Å². The summed E-state index contributed by atoms with van der Waals surface area (Å²) in [5.74, 6) is 0. The topological polar surface area (TPSA) is 29.7 Å². The fraction of sp³-hybridized carbons (Fsp3) is 0.227. The molecule has 0 saturated heterocycles. The molecule has 3 heteroatoms. The number of pyridine rings is 3. The molecule has 0 bridgehead atoms. The van der Waals surface area contributed by atoms with Crippen LogP contribution in [-0.2, 0) is 12.5 Å². The molecule has 0 aliphatic rings. The predicted molar refractivity (Wildman–Crippen MR) is 102 cm³/mol. The molecule has 4 rings (SSSR count). The number of nitrogens with zero attached hydrogens (tertiary/aromatic N) is 3. The van der Waals surface area contributed by atoms with Gasteiger partial charge in [-0.2, -0.15) is 0 Å². The summed E-state index contributed by atoms with van der Waals surface area (Å²) < 4.78 is 2.07. The van der Waals surface area contributed by atoms with E-state index in [0.717, 1.165) is 22.5 Å². The summed E-state index contributed by atoms with van der Waals surface area (Å²) in [6.45, 7) is 6.55. The van der Waals surface area contributed by atoms with Gasteiger partial charge >= 0.3 is 0 Å². The fourth-order valence-electron chi connectivity index (χ4n) is 3.24. The largest absolute Gasteiger partial charge is 0.254 e. The first-order valence-electron chi connectivity index (χ1n) is 8.58. The molecule has 0 radical (unpaired) electrons. The lowest BCUT2D eigenvalue weighted by Crippen LogP contribution is -2.25. The number of aromatic nitrogens is 3. The van der Waals surface area contributed by atoms with E-state index in [0.29, 0.717) is 0 Å². The average molecular weight is 328 g/mol. The third-order valence-corrected chi connectivity index (χ3v) is 4.60. The van der Waals surface area contributed by atoms with Crippen molar-refractivity contribution in [2.24, 2.45) is 7.05 Å². The zero-order chi connectivity index (χ0) is 17.6. The standard InChI is InChI=1S/C22H22N3/c1-22(2,3)20-7-5-6-19(24-20)21-18-9-8-15-14-25(4)13-11-16(15)17(18)10-12-23-21/h5-14H,1-4H3/q+1. The van der Waals surface area contributed by atoms with Crippen molar-refractivity contribution in [2.75, 3.05) is 0 Å². The van der Waals surface area contributed by atoms with Crippen molar-refractivity contribution >= 4 is 21.5 Å². The van der Waals surface area contributed by atoms with Crippen molar-refractivity contribution < 1.29 is 4.57 Å². The third kappa shape index (κ3) is 2.76. The van der Waals surface area contributed by atoms with Crippen LogP contribution < -0.4 is 4.57 Å². The molecular weight excluding hydrogens is 306 g/mol. The highest BCUT2D eigenvalue weighted by Crippen LogP contribution is 2.31. The highest BCUT2D eigenvalue weighted by atomic mass is 14.9. The van der Waals surface area contributed by atoms with Crippen LogP contribution in [0.2, 0.25) is 0 Å². The third-order valence-electron chi connectivity index (χ3n) is 4.60. The van der Waals surface area contributed by atoms with Gasteiger partial charge in [0.1, 0.15) is 7.05 Å². The molecule has 0 aliphatic heterocycles. The number of rotatable bonds is 1. The maximum atomic E-state index is 4.89. The molecule has 0 amide bonds. The van der Waals surface area contributed by atoms with E-state index in [4.69, 9.17) is 4.98 Å². The van der Waals surface area contributed by atoms with Crippen LogP contribution in [0.5, 0.6) is 0 Å². The molecule has 3 nitrogen and oxygen atoms in total. The Balaban J connectivity index is 1.99. The monoisotopic (exact) mass is 328 g/mol. The Labute approximate surface area is 148 Å². The second-order valence-corrected chi connectivity index (χ2v) is 7.59. The minimum Gasteiger partial charge on any atom is -0.254 e. The van der Waals surface area contributed by atoms with Crippen LogP contribution in [0.3, 0.4) is 0 Å². The molecule has 0 spiro atoms. The first-order chi connectivity index (χ1) is 11.9. The average Bonchev–Trinajstić information content (AvgIpc) is 2.60. The molecule has 3 aromatic heterocycles. The van der Waals surface area contributed by atoms with Gasteiger partial charge in [-0.05, 0) is 29.7 Å². The molecular formula is C22H22N3+. The number of fused-ring (bicyclic) bond motifs is 3. The van der Waals surface area contributed by atoms with Gasteiger partial charge in [-0.3, -0.25) is 9.97 Å². The van der Waals surface area contributed by atoms with E-state index in [1.54, 1.807) is 0 Å². The molecule has 1 aromatic carbocycles. The highest BCUT2D eigenvalue weighted by Gasteiger charge is 2.17. The van der Waals surface area contributed by atoms with E-state index in [-0.39, 0.29) is 5.41 Å². The quantitative estimate of drug-likeness (QED) is 0.378. The van der Waals surface area contributed by atoms with Crippen LogP contribution in [0.1, 0.15) is 26.5 Å². The van der Waals surface area contributed by atoms with Gasteiger partial charge in [-0.1, -0.05) is 32.9 Å². The van der Waals surface area contributed by atoms with Gasteiger partial charge in [-0.15, -0.1) is 0 Å². The van der Waals surface area contributed by atoms with Gasteiger partial charge < -0.3 is 0 Å². The normalized spacial score (nSPS) is 12.0. The van der Waals surface area contributed by atoms with Crippen molar-refractivity contribution in [3.8, 4) is 11.4 Å². The molecule has 0 aliphatic carbocycles. The van der Waals surface area contributed by atoms with Gasteiger partial charge in [0.25, 0.3) is 0 Å². The van der Waals surface area contributed by atoms with Crippen molar-refractivity contribution in [3.63, 3.8) is 0 Å². The smallest absolute Gasteiger partial charge is 0.176 e. The van der Waals surface area contributed by atoms with Crippen molar-refractivity contribution in [1.82, 2.24) is 9.97 Å². The Morgan fingerprint density at radius 1 is 0.880 bits per heavy atom. The number of hydrogen-bond acceptors (Lipinski definition) is 2. The number of aryl methyl sites for hydroxylation is 1. The summed E-state index contributed by atoms with van der Waals surface area (Å²) in [4.78, 5) is 9.55. The second-order valence-electron chi connectivity index (χ2n) is 7.59. The SMILES string of the molecule is C[n+]1ccc2c(ccc3c(-c4cccc(C(C)(C)C)n4)nccc32)c1. The molecule has 0 N–H and O–H groups in total. The number of hydrogen-bond donors (Lipinski definition) is 0. The predicted octanol–water partition coefficient (Wildman–Crippen LogP) is 4.57. The lowest BCUT2D eigenvalue weighted by molar-refractivity contribution is -0.670. The summed E-state index contributed by atoms with van der Waals surface area (Å²) in [6, 6.07) is 14.8. The maximum Gasteiger partial charge on any atom is 0.176 e. The molecule has 0 fully saturated rings. The first kappa shape index (κ1) is 15.7. The van der Waals surface area contributed by atoms with Gasteiger partial charge in [0.2, 0.25) is 0 Å². The fourth-order valence-corrected chi connectivity index (χ4v) is 3.24. The van der Waals surface area contributed by atoms with E-state index in [9.17, 15) is 0 Å². The van der Waals surface area contributed by atoms with Gasteiger partial charge in [0.15, 0.2) is 12.4 Å². The Hall–Kier alpha value is -2.81. The Bertz CT molecular complexity index is 1090. The lowest BCUT2D eigenvalue weighted by Gasteiger charge is -2.18. The highest BCUT2D eigenvalue weighted by molar-refractivity contribution is 6.10. The molecule has 3 heterocycles. The van der Waals surface area contributed by atoms with E-state index >= 15 is 0 Å². The molecule has 124 valence electrons. The second kappa shape index (κ2) is 5.62. The minimum atomic E-state index is 0.0159. The first-order valence-corrected chi connectivity index (χ1v) is 8.58. The van der Waals surface area contributed by atoms with Crippen molar-refractivity contribution in [2.45, 2.75) is 26.2 Å². The van der Waals surface area contributed by atoms with E-state index < -0.39 is 0 Å². The maximum absolute atomic E-state index is 4.89. The molecule has 4 aromatic rings. The Kier molecular flexibility index (Phi) is 3.53. The molecule has 0 unspecified atom stereocenters. The molecule has 25 heavy (non-hydrogen) atoms. The summed E-state index contributed by atoms with van der Waals surface area (Å²) >= 11 is 0. The molecule has 0 atom stereocenters. The van der Waals surface area contributed by atoms with Crippen LogP contribution in [0, 0.1) is 0 Å². The Morgan fingerprint density at radius 3 is 2.52 bits per heavy atom. The summed E-state index contributed by atoms with van der Waals surface area (Å²) in [5, 5.41) is 4.82. The van der Waals surface area contributed by atoms with Crippen LogP contribution in [-0.4, -0.2) is 9.97 Å².